The van der Waals surface area contributed by atoms with Gasteiger partial charge in [-0.15, -0.1) is 0 Å². The van der Waals surface area contributed by atoms with Gasteiger partial charge in [-0.1, -0.05) is 29.8 Å². The molecule has 98 valence electrons. The molecule has 0 radical (unpaired) electrons. The minimum absolute atomic E-state index is 0.270. The summed E-state index contributed by atoms with van der Waals surface area (Å²) in [7, 11) is 0. The summed E-state index contributed by atoms with van der Waals surface area (Å²) in [5.74, 6) is 0.270. The average molecular weight is 253 g/mol. The molecule has 0 spiro atoms. The van der Waals surface area contributed by atoms with Crippen LogP contribution in [0.3, 0.4) is 0 Å². The summed E-state index contributed by atoms with van der Waals surface area (Å²) in [5.41, 5.74) is 6.16. The van der Waals surface area contributed by atoms with Gasteiger partial charge in [0, 0.05) is 11.3 Å². The second-order valence-electron chi connectivity index (χ2n) is 4.96. The lowest BCUT2D eigenvalue weighted by atomic mass is 10.0. The van der Waals surface area contributed by atoms with E-state index in [-0.39, 0.29) is 5.75 Å². The van der Waals surface area contributed by atoms with Gasteiger partial charge in [-0.3, -0.25) is 4.99 Å². The lowest BCUT2D eigenvalue weighted by molar-refractivity contribution is 0.474. The molecule has 0 heterocycles. The molecule has 2 heteroatoms. The Labute approximate surface area is 114 Å². The van der Waals surface area contributed by atoms with Crippen molar-refractivity contribution >= 4 is 11.4 Å². The summed E-state index contributed by atoms with van der Waals surface area (Å²) in [6.07, 6.45) is 0. The highest BCUT2D eigenvalue weighted by molar-refractivity contribution is 6.02. The van der Waals surface area contributed by atoms with Crippen molar-refractivity contribution in [2.45, 2.75) is 27.7 Å². The number of aliphatic imine (C=N–C) groups is 1. The van der Waals surface area contributed by atoms with E-state index < -0.39 is 0 Å². The summed E-state index contributed by atoms with van der Waals surface area (Å²) in [6, 6.07) is 11.5. The molecule has 0 aliphatic heterocycles. The maximum Gasteiger partial charge on any atom is 0.124 e. The molecular weight excluding hydrogens is 234 g/mol. The zero-order chi connectivity index (χ0) is 14.0. The van der Waals surface area contributed by atoms with Crippen LogP contribution in [0.2, 0.25) is 0 Å². The Morgan fingerprint density at radius 3 is 2.16 bits per heavy atom. The topological polar surface area (TPSA) is 32.6 Å². The van der Waals surface area contributed by atoms with Gasteiger partial charge in [0.1, 0.15) is 5.75 Å². The lowest BCUT2D eigenvalue weighted by Crippen LogP contribution is -1.95. The van der Waals surface area contributed by atoms with E-state index in [4.69, 9.17) is 0 Å². The molecule has 19 heavy (non-hydrogen) atoms. The largest absolute Gasteiger partial charge is 0.507 e. The molecule has 2 aromatic carbocycles. The van der Waals surface area contributed by atoms with Gasteiger partial charge in [0.15, 0.2) is 0 Å². The highest BCUT2D eigenvalue weighted by Gasteiger charge is 2.06. The van der Waals surface area contributed by atoms with Gasteiger partial charge in [-0.2, -0.15) is 0 Å². The van der Waals surface area contributed by atoms with Crippen molar-refractivity contribution in [2.75, 3.05) is 0 Å². The van der Waals surface area contributed by atoms with Crippen LogP contribution in [0.5, 0.6) is 5.75 Å². The molecule has 0 unspecified atom stereocenters. The summed E-state index contributed by atoms with van der Waals surface area (Å²) in [5, 5.41) is 9.86. The number of hydrogen-bond acceptors (Lipinski definition) is 2. The van der Waals surface area contributed by atoms with Crippen LogP contribution < -0.4 is 0 Å². The van der Waals surface area contributed by atoms with Gasteiger partial charge >= 0.3 is 0 Å². The van der Waals surface area contributed by atoms with Crippen LogP contribution in [0.1, 0.15) is 29.2 Å². The van der Waals surface area contributed by atoms with Gasteiger partial charge < -0.3 is 5.11 Å². The molecule has 2 nitrogen and oxygen atoms in total. The number of nitrogens with zero attached hydrogens (tertiary/aromatic N) is 1. The number of benzene rings is 2. The van der Waals surface area contributed by atoms with Gasteiger partial charge in [-0.25, -0.2) is 0 Å². The summed E-state index contributed by atoms with van der Waals surface area (Å²) in [6.45, 7) is 8.14. The minimum atomic E-state index is 0.270. The molecule has 0 aliphatic rings. The van der Waals surface area contributed by atoms with Gasteiger partial charge in [0.25, 0.3) is 0 Å². The van der Waals surface area contributed by atoms with E-state index in [1.165, 1.54) is 5.56 Å². The lowest BCUT2D eigenvalue weighted by Gasteiger charge is -2.09. The zero-order valence-electron chi connectivity index (χ0n) is 11.9. The smallest absolute Gasteiger partial charge is 0.124 e. The maximum atomic E-state index is 9.86. The molecule has 0 saturated carbocycles. The molecule has 0 fully saturated rings. The summed E-state index contributed by atoms with van der Waals surface area (Å²) in [4.78, 5) is 4.69. The quantitative estimate of drug-likeness (QED) is 0.787. The fourth-order valence-electron chi connectivity index (χ4n) is 2.36. The molecular formula is C17H19NO. The first-order valence-electron chi connectivity index (χ1n) is 6.40. The molecule has 0 aliphatic carbocycles. The number of hydrogen-bond donors (Lipinski definition) is 1. The summed E-state index contributed by atoms with van der Waals surface area (Å²) < 4.78 is 0. The predicted molar refractivity (Wildman–Crippen MR) is 80.6 cm³/mol. The van der Waals surface area contributed by atoms with Crippen molar-refractivity contribution in [3.8, 4) is 5.75 Å². The third kappa shape index (κ3) is 2.84. The summed E-state index contributed by atoms with van der Waals surface area (Å²) >= 11 is 0. The van der Waals surface area contributed by atoms with Gasteiger partial charge in [0.05, 0.1) is 5.69 Å². The van der Waals surface area contributed by atoms with Crippen molar-refractivity contribution in [2.24, 2.45) is 4.99 Å². The fraction of sp³-hybridized carbons (Fsp3) is 0.235. The highest BCUT2D eigenvalue weighted by Crippen LogP contribution is 2.27. The van der Waals surface area contributed by atoms with Crippen LogP contribution in [0.25, 0.3) is 0 Å². The van der Waals surface area contributed by atoms with Crippen LogP contribution >= 0.6 is 0 Å². The standard InChI is InChI=1S/C17H19NO/c1-11-9-12(2)17(13(3)10-11)18-14(4)15-7-5-6-8-16(15)19/h5-10,19H,1-4H3. The number of aromatic hydroxyl groups is 1. The van der Waals surface area contributed by atoms with Crippen molar-refractivity contribution in [3.63, 3.8) is 0 Å². The Morgan fingerprint density at radius 1 is 1.00 bits per heavy atom. The van der Waals surface area contributed by atoms with E-state index in [1.807, 2.05) is 25.1 Å². The fourth-order valence-corrected chi connectivity index (χ4v) is 2.36. The highest BCUT2D eigenvalue weighted by atomic mass is 16.3. The molecule has 1 N–H and O–H groups in total. The van der Waals surface area contributed by atoms with Crippen LogP contribution in [-0.2, 0) is 0 Å². The van der Waals surface area contributed by atoms with Crippen molar-refractivity contribution in [3.05, 3.63) is 58.7 Å². The van der Waals surface area contributed by atoms with Crippen molar-refractivity contribution < 1.29 is 5.11 Å². The first-order chi connectivity index (χ1) is 8.99. The van der Waals surface area contributed by atoms with E-state index in [9.17, 15) is 5.11 Å². The average Bonchev–Trinajstić information content (AvgIpc) is 2.34. The Kier molecular flexibility index (Phi) is 3.70. The third-order valence-corrected chi connectivity index (χ3v) is 3.21. The van der Waals surface area contributed by atoms with Crippen LogP contribution in [0.15, 0.2) is 41.4 Å². The van der Waals surface area contributed by atoms with Crippen molar-refractivity contribution in [1.82, 2.24) is 0 Å². The Morgan fingerprint density at radius 2 is 1.58 bits per heavy atom. The predicted octanol–water partition coefficient (Wildman–Crippen LogP) is 4.46. The normalized spacial score (nSPS) is 11.7. The second-order valence-corrected chi connectivity index (χ2v) is 4.96. The first-order valence-corrected chi connectivity index (χ1v) is 6.40. The van der Waals surface area contributed by atoms with E-state index in [1.54, 1.807) is 6.07 Å². The van der Waals surface area contributed by atoms with Crippen molar-refractivity contribution in [1.29, 1.82) is 0 Å². The molecule has 2 aromatic rings. The monoisotopic (exact) mass is 253 g/mol. The molecule has 0 aromatic heterocycles. The minimum Gasteiger partial charge on any atom is -0.507 e. The van der Waals surface area contributed by atoms with Crippen LogP contribution in [-0.4, -0.2) is 10.8 Å². The number of phenols is 1. The maximum absolute atomic E-state index is 9.86. The van der Waals surface area contributed by atoms with E-state index in [0.29, 0.717) is 0 Å². The number of phenolic OH excluding ortho intramolecular Hbond substituents is 1. The van der Waals surface area contributed by atoms with Gasteiger partial charge in [-0.05, 0) is 51.0 Å². The third-order valence-electron chi connectivity index (χ3n) is 3.21. The Bertz CT molecular complexity index is 618. The molecule has 0 atom stereocenters. The number of aryl methyl sites for hydroxylation is 3. The second kappa shape index (κ2) is 5.27. The zero-order valence-corrected chi connectivity index (χ0v) is 11.9. The first kappa shape index (κ1) is 13.3. The number of rotatable bonds is 2. The van der Waals surface area contributed by atoms with Crippen LogP contribution in [0.4, 0.5) is 5.69 Å². The van der Waals surface area contributed by atoms with Crippen LogP contribution in [0, 0.1) is 20.8 Å². The molecule has 0 saturated heterocycles. The Hall–Kier alpha value is -2.09. The van der Waals surface area contributed by atoms with E-state index in [0.717, 1.165) is 28.1 Å². The number of para-hydroxylation sites is 1. The van der Waals surface area contributed by atoms with E-state index in [2.05, 4.69) is 37.9 Å². The van der Waals surface area contributed by atoms with E-state index >= 15 is 0 Å². The van der Waals surface area contributed by atoms with Gasteiger partial charge in [0.2, 0.25) is 0 Å². The Balaban J connectivity index is 2.50. The SMILES string of the molecule is CC(=Nc1c(C)cc(C)cc1C)c1ccccc1O. The molecule has 0 amide bonds. The molecule has 0 bridgehead atoms. The molecule has 2 rings (SSSR count).